The van der Waals surface area contributed by atoms with Crippen LogP contribution in [-0.2, 0) is 14.0 Å². The Bertz CT molecular complexity index is 1250. The second kappa shape index (κ2) is 9.15. The summed E-state index contributed by atoms with van der Waals surface area (Å²) in [6.45, 7) is 8.35. The Morgan fingerprint density at radius 1 is 1.08 bits per heavy atom. The van der Waals surface area contributed by atoms with Gasteiger partial charge in [0.15, 0.2) is 0 Å². The number of amides is 1. The smallest absolute Gasteiger partial charge is 0.449 e. The highest BCUT2D eigenvalue weighted by Gasteiger charge is 2.52. The fourth-order valence-electron chi connectivity index (χ4n) is 4.65. The molecule has 0 bridgehead atoms. The minimum Gasteiger partial charge on any atom is -0.449 e. The van der Waals surface area contributed by atoms with Crippen LogP contribution in [0.4, 0.5) is 10.6 Å². The highest BCUT2D eigenvalue weighted by molar-refractivity contribution is 6.56. The fraction of sp³-hybridized carbons (Fsp3) is 0.333. The first-order valence-electron chi connectivity index (χ1n) is 12.1. The number of ether oxygens (including phenoxy) is 1. The van der Waals surface area contributed by atoms with Gasteiger partial charge in [0.2, 0.25) is 0 Å². The minimum atomic E-state index is -0.645. The molecule has 3 aromatic rings. The molecule has 0 spiro atoms. The van der Waals surface area contributed by atoms with Crippen molar-refractivity contribution in [3.63, 3.8) is 0 Å². The zero-order valence-corrected chi connectivity index (χ0v) is 21.0. The lowest BCUT2D eigenvalue weighted by molar-refractivity contribution is 0.00578. The van der Waals surface area contributed by atoms with Gasteiger partial charge in [0.1, 0.15) is 12.4 Å². The number of nitrogens with two attached hydrogens (primary N) is 1. The van der Waals surface area contributed by atoms with Crippen LogP contribution in [0.3, 0.4) is 0 Å². The molecule has 0 radical (unpaired) electrons. The number of benzene rings is 2. The van der Waals surface area contributed by atoms with E-state index in [4.69, 9.17) is 19.8 Å². The van der Waals surface area contributed by atoms with Gasteiger partial charge in [-0.3, -0.25) is 5.10 Å². The molecule has 2 aliphatic rings. The monoisotopic (exact) mass is 486 g/mol. The van der Waals surface area contributed by atoms with Crippen LogP contribution in [0.15, 0.2) is 60.1 Å². The molecule has 1 fully saturated rings. The van der Waals surface area contributed by atoms with Gasteiger partial charge in [-0.25, -0.2) is 4.79 Å². The molecule has 1 saturated heterocycles. The maximum atomic E-state index is 12.8. The number of alkyl carbamates (subject to hydrolysis) is 1. The number of carbonyl (C=O) groups excluding carboxylic acids is 1. The number of nitrogen functional groups attached to an aromatic ring is 1. The standard InChI is InChI=1S/C27H31BN4O4/c1-26(2)27(3,4)36-28(35-26)17(13-18-14-24(29)32-31-18)15-30-25(33)34-16-23-21-11-7-5-9-19(21)20-10-6-8-12-22(20)23/h5-14,23H,15-16H2,1-4H3,(H,30,33)(H3,29,31,32). The molecule has 1 aliphatic heterocycles. The van der Waals surface area contributed by atoms with Gasteiger partial charge in [-0.2, -0.15) is 5.10 Å². The van der Waals surface area contributed by atoms with Gasteiger partial charge in [-0.05, 0) is 61.5 Å². The first-order chi connectivity index (χ1) is 17.1. The van der Waals surface area contributed by atoms with Gasteiger partial charge in [0.25, 0.3) is 0 Å². The van der Waals surface area contributed by atoms with Crippen LogP contribution < -0.4 is 11.1 Å². The number of rotatable bonds is 6. The summed E-state index contributed by atoms with van der Waals surface area (Å²) in [5, 5.41) is 9.69. The van der Waals surface area contributed by atoms with E-state index in [0.29, 0.717) is 17.0 Å². The Hall–Kier alpha value is -3.56. The Morgan fingerprint density at radius 3 is 2.22 bits per heavy atom. The number of nitrogens with one attached hydrogen (secondary N) is 2. The van der Waals surface area contributed by atoms with Crippen molar-refractivity contribution < 1.29 is 18.8 Å². The normalized spacial score (nSPS) is 18.1. The van der Waals surface area contributed by atoms with Crippen molar-refractivity contribution in [2.45, 2.75) is 44.8 Å². The predicted molar refractivity (Wildman–Crippen MR) is 140 cm³/mol. The van der Waals surface area contributed by atoms with Gasteiger partial charge in [-0.15, -0.1) is 0 Å². The number of carbonyl (C=O) groups is 1. The second-order valence-electron chi connectivity index (χ2n) is 10.2. The van der Waals surface area contributed by atoms with Crippen molar-refractivity contribution in [2.75, 3.05) is 18.9 Å². The Balaban J connectivity index is 1.28. The molecule has 2 heterocycles. The van der Waals surface area contributed by atoms with Crippen molar-refractivity contribution >= 4 is 25.1 Å². The fourth-order valence-corrected chi connectivity index (χ4v) is 4.65. The number of aromatic amines is 1. The van der Waals surface area contributed by atoms with Crippen LogP contribution >= 0.6 is 0 Å². The van der Waals surface area contributed by atoms with Crippen molar-refractivity contribution in [3.8, 4) is 11.1 Å². The summed E-state index contributed by atoms with van der Waals surface area (Å²) in [4.78, 5) is 12.8. The number of nitrogens with zero attached hydrogens (tertiary/aromatic N) is 1. The van der Waals surface area contributed by atoms with E-state index in [1.807, 2.05) is 58.0 Å². The molecule has 8 nitrogen and oxygen atoms in total. The van der Waals surface area contributed by atoms with Crippen molar-refractivity contribution in [2.24, 2.45) is 0 Å². The molecular weight excluding hydrogens is 455 g/mol. The third kappa shape index (κ3) is 4.52. The quantitative estimate of drug-likeness (QED) is 0.441. The lowest BCUT2D eigenvalue weighted by atomic mass is 9.77. The predicted octanol–water partition coefficient (Wildman–Crippen LogP) is 4.55. The largest absolute Gasteiger partial charge is 0.492 e. The van der Waals surface area contributed by atoms with Gasteiger partial charge >= 0.3 is 13.2 Å². The Labute approximate surface area is 211 Å². The average molecular weight is 486 g/mol. The third-order valence-electron chi connectivity index (χ3n) is 7.29. The molecule has 2 aromatic carbocycles. The highest BCUT2D eigenvalue weighted by Crippen LogP contribution is 2.44. The average Bonchev–Trinajstić information content (AvgIpc) is 3.46. The van der Waals surface area contributed by atoms with E-state index in [9.17, 15) is 4.79 Å². The summed E-state index contributed by atoms with van der Waals surface area (Å²) in [6, 6.07) is 18.2. The molecule has 1 aliphatic carbocycles. The van der Waals surface area contributed by atoms with Gasteiger partial charge in [0.05, 0.1) is 16.9 Å². The lowest BCUT2D eigenvalue weighted by Crippen LogP contribution is -2.41. The number of fused-ring (bicyclic) bond motifs is 3. The minimum absolute atomic E-state index is 0.00534. The molecule has 0 unspecified atom stereocenters. The number of hydrogen-bond acceptors (Lipinski definition) is 6. The summed E-state index contributed by atoms with van der Waals surface area (Å²) < 4.78 is 18.1. The van der Waals surface area contributed by atoms with Gasteiger partial charge in [0, 0.05) is 18.5 Å². The van der Waals surface area contributed by atoms with Crippen LogP contribution in [0.5, 0.6) is 0 Å². The SMILES string of the molecule is CC1(C)OB(C(=Cc2cc(N)n[nH]2)CNC(=O)OCC2c3ccccc3-c3ccccc32)OC1(C)C. The number of aromatic nitrogens is 2. The second-order valence-corrected chi connectivity index (χ2v) is 10.2. The summed E-state index contributed by atoms with van der Waals surface area (Å²) in [5.41, 5.74) is 10.8. The molecular formula is C27H31BN4O4. The molecule has 9 heteroatoms. The van der Waals surface area contributed by atoms with E-state index in [2.05, 4.69) is 39.8 Å². The highest BCUT2D eigenvalue weighted by atomic mass is 16.7. The molecule has 0 atom stereocenters. The third-order valence-corrected chi connectivity index (χ3v) is 7.29. The van der Waals surface area contributed by atoms with E-state index in [-0.39, 0.29) is 19.1 Å². The molecule has 1 aromatic heterocycles. The van der Waals surface area contributed by atoms with Gasteiger partial charge < -0.3 is 25.1 Å². The zero-order valence-electron chi connectivity index (χ0n) is 21.0. The van der Waals surface area contributed by atoms with E-state index >= 15 is 0 Å². The van der Waals surface area contributed by atoms with Crippen LogP contribution in [-0.4, -0.2) is 47.8 Å². The molecule has 186 valence electrons. The van der Waals surface area contributed by atoms with Gasteiger partial charge in [-0.1, -0.05) is 48.5 Å². The Morgan fingerprint density at radius 2 is 1.67 bits per heavy atom. The molecule has 0 saturated carbocycles. The summed E-state index contributed by atoms with van der Waals surface area (Å²) >= 11 is 0. The number of H-pyrrole nitrogens is 1. The first-order valence-corrected chi connectivity index (χ1v) is 12.1. The maximum Gasteiger partial charge on any atom is 0.492 e. The van der Waals surface area contributed by atoms with Crippen LogP contribution in [0.25, 0.3) is 17.2 Å². The molecule has 4 N–H and O–H groups in total. The topological polar surface area (TPSA) is 111 Å². The zero-order chi connectivity index (χ0) is 25.5. The number of anilines is 1. The van der Waals surface area contributed by atoms with E-state index in [0.717, 1.165) is 0 Å². The molecule has 1 amide bonds. The van der Waals surface area contributed by atoms with Crippen LogP contribution in [0, 0.1) is 0 Å². The number of hydrogen-bond donors (Lipinski definition) is 3. The van der Waals surface area contributed by atoms with E-state index in [1.165, 1.54) is 22.3 Å². The first kappa shape index (κ1) is 24.2. The lowest BCUT2D eigenvalue weighted by Gasteiger charge is -2.32. The molecule has 36 heavy (non-hydrogen) atoms. The van der Waals surface area contributed by atoms with Crippen LogP contribution in [0.1, 0.15) is 50.4 Å². The van der Waals surface area contributed by atoms with E-state index in [1.54, 1.807) is 6.07 Å². The summed E-state index contributed by atoms with van der Waals surface area (Å²) in [5.74, 6) is 0.369. The Kier molecular flexibility index (Phi) is 6.14. The molecule has 5 rings (SSSR count). The summed E-state index contributed by atoms with van der Waals surface area (Å²) in [6.07, 6.45) is 1.32. The summed E-state index contributed by atoms with van der Waals surface area (Å²) in [7, 11) is -0.645. The van der Waals surface area contributed by atoms with Crippen molar-refractivity contribution in [1.82, 2.24) is 15.5 Å². The van der Waals surface area contributed by atoms with E-state index < -0.39 is 24.4 Å². The van der Waals surface area contributed by atoms with Crippen molar-refractivity contribution in [3.05, 3.63) is 76.9 Å². The van der Waals surface area contributed by atoms with Crippen LogP contribution in [0.2, 0.25) is 0 Å². The van der Waals surface area contributed by atoms with Crippen molar-refractivity contribution in [1.29, 1.82) is 0 Å². The maximum absolute atomic E-state index is 12.8.